The SMILES string of the molecule is CC1=c2c3c(ccc2=C2C=CC4=C5C(=CC=C1C52)C(=O)N(C(C)C)C4=O)C(=O)N(C(C)C)C(=O)C3C. The van der Waals surface area contributed by atoms with Gasteiger partial charge in [-0.25, -0.2) is 0 Å². The molecule has 0 bridgehead atoms. The van der Waals surface area contributed by atoms with E-state index in [1.165, 1.54) is 9.80 Å². The highest BCUT2D eigenvalue weighted by atomic mass is 16.2. The van der Waals surface area contributed by atoms with Crippen molar-refractivity contribution < 1.29 is 19.2 Å². The van der Waals surface area contributed by atoms with Crippen molar-refractivity contribution in [3.8, 4) is 0 Å². The van der Waals surface area contributed by atoms with Crippen LogP contribution in [0.2, 0.25) is 0 Å². The lowest BCUT2D eigenvalue weighted by Crippen LogP contribution is -2.53. The van der Waals surface area contributed by atoms with Crippen molar-refractivity contribution in [3.05, 3.63) is 80.3 Å². The minimum absolute atomic E-state index is 0.183. The summed E-state index contributed by atoms with van der Waals surface area (Å²) >= 11 is 0. The van der Waals surface area contributed by atoms with Gasteiger partial charge in [0.25, 0.3) is 17.7 Å². The highest BCUT2D eigenvalue weighted by Gasteiger charge is 2.46. The number of amides is 4. The standard InChI is InChI=1S/C30H28N2O4/c1-13(2)31-27(33)16(6)24-20(28(31)34)11-8-18-19-9-12-22-26-21(29(35)32(14(3)4)30(22)36)10-7-17(25(19)26)15(5)23(18)24/h7-14,16,25H,1-6H3. The molecule has 0 fully saturated rings. The molecule has 0 radical (unpaired) electrons. The maximum Gasteiger partial charge on any atom is 0.261 e. The molecule has 5 aliphatic rings. The molecule has 4 amide bonds. The Hall–Kier alpha value is -3.80. The average Bonchev–Trinajstić information content (AvgIpc) is 2.83. The Balaban J connectivity index is 1.67. The van der Waals surface area contributed by atoms with Crippen LogP contribution < -0.4 is 10.4 Å². The van der Waals surface area contributed by atoms with E-state index in [4.69, 9.17) is 0 Å². The molecule has 0 spiro atoms. The number of hydrogen-bond acceptors (Lipinski definition) is 4. The molecule has 0 saturated carbocycles. The molecule has 0 aromatic heterocycles. The topological polar surface area (TPSA) is 74.8 Å². The third-order valence-electron chi connectivity index (χ3n) is 8.14. The molecule has 2 aliphatic heterocycles. The van der Waals surface area contributed by atoms with Gasteiger partial charge in [-0.3, -0.25) is 29.0 Å². The normalized spacial score (nSPS) is 24.4. The Morgan fingerprint density at radius 2 is 1.53 bits per heavy atom. The number of carbonyl (C=O) groups excluding carboxylic acids is 4. The van der Waals surface area contributed by atoms with Crippen LogP contribution in [0.1, 0.15) is 63.4 Å². The second-order valence-electron chi connectivity index (χ2n) is 10.7. The highest BCUT2D eigenvalue weighted by molar-refractivity contribution is 6.20. The van der Waals surface area contributed by atoms with E-state index in [1.807, 2.05) is 78.0 Å². The van der Waals surface area contributed by atoms with Crippen LogP contribution in [-0.2, 0) is 14.4 Å². The molecule has 0 N–H and O–H groups in total. The van der Waals surface area contributed by atoms with Crippen LogP contribution in [0.3, 0.4) is 0 Å². The first-order valence-corrected chi connectivity index (χ1v) is 12.5. The largest absolute Gasteiger partial charge is 0.275 e. The fraction of sp³-hybridized carbons (Fsp3) is 0.333. The molecule has 6 rings (SSSR count). The van der Waals surface area contributed by atoms with Crippen molar-refractivity contribution in [2.45, 2.75) is 59.5 Å². The Kier molecular flexibility index (Phi) is 4.63. The van der Waals surface area contributed by atoms with E-state index in [9.17, 15) is 19.2 Å². The lowest BCUT2D eigenvalue weighted by molar-refractivity contribution is -0.142. The van der Waals surface area contributed by atoms with Crippen molar-refractivity contribution in [2.24, 2.45) is 5.92 Å². The molecule has 6 nitrogen and oxygen atoms in total. The van der Waals surface area contributed by atoms with Gasteiger partial charge >= 0.3 is 0 Å². The van der Waals surface area contributed by atoms with Gasteiger partial charge in [-0.05, 0) is 98.1 Å². The van der Waals surface area contributed by atoms with Crippen molar-refractivity contribution in [3.63, 3.8) is 0 Å². The molecule has 3 aliphatic carbocycles. The Morgan fingerprint density at radius 1 is 0.833 bits per heavy atom. The lowest BCUT2D eigenvalue weighted by atomic mass is 9.66. The van der Waals surface area contributed by atoms with Gasteiger partial charge in [0.15, 0.2) is 0 Å². The minimum atomic E-state index is -0.461. The number of rotatable bonds is 2. The molecule has 1 aromatic carbocycles. The van der Waals surface area contributed by atoms with E-state index in [0.29, 0.717) is 16.7 Å². The maximum absolute atomic E-state index is 13.4. The summed E-state index contributed by atoms with van der Waals surface area (Å²) in [6.07, 6.45) is 7.60. The summed E-state index contributed by atoms with van der Waals surface area (Å²) in [5.74, 6) is -1.64. The van der Waals surface area contributed by atoms with Crippen molar-refractivity contribution >= 4 is 34.8 Å². The molecule has 2 heterocycles. The summed E-state index contributed by atoms with van der Waals surface area (Å²) in [5.41, 5.74) is 6.21. The Morgan fingerprint density at radius 3 is 2.19 bits per heavy atom. The zero-order valence-electron chi connectivity index (χ0n) is 21.3. The Labute approximate surface area is 209 Å². The zero-order valence-corrected chi connectivity index (χ0v) is 21.3. The van der Waals surface area contributed by atoms with E-state index >= 15 is 0 Å². The first-order chi connectivity index (χ1) is 17.1. The molecule has 1 aromatic rings. The third-order valence-corrected chi connectivity index (χ3v) is 8.14. The Bertz CT molecular complexity index is 1600. The second kappa shape index (κ2) is 7.36. The monoisotopic (exact) mass is 480 g/mol. The van der Waals surface area contributed by atoms with E-state index in [-0.39, 0.29) is 41.6 Å². The average molecular weight is 481 g/mol. The lowest BCUT2D eigenvalue weighted by Gasteiger charge is -2.41. The maximum atomic E-state index is 13.4. The van der Waals surface area contributed by atoms with Crippen LogP contribution in [-0.4, -0.2) is 45.5 Å². The van der Waals surface area contributed by atoms with E-state index < -0.39 is 5.92 Å². The van der Waals surface area contributed by atoms with Crippen LogP contribution in [0.4, 0.5) is 0 Å². The summed E-state index contributed by atoms with van der Waals surface area (Å²) in [5, 5.41) is 1.87. The molecule has 6 heteroatoms. The number of benzene rings is 1. The zero-order chi connectivity index (χ0) is 25.8. The summed E-state index contributed by atoms with van der Waals surface area (Å²) in [7, 11) is 0. The second-order valence-corrected chi connectivity index (χ2v) is 10.7. The number of allylic oxidation sites excluding steroid dienone is 4. The van der Waals surface area contributed by atoms with Crippen LogP contribution in [0.15, 0.2) is 58.7 Å². The van der Waals surface area contributed by atoms with Crippen LogP contribution >= 0.6 is 0 Å². The molecule has 2 atom stereocenters. The van der Waals surface area contributed by atoms with Crippen molar-refractivity contribution in [1.82, 2.24) is 9.80 Å². The predicted molar refractivity (Wildman–Crippen MR) is 136 cm³/mol. The minimum Gasteiger partial charge on any atom is -0.275 e. The van der Waals surface area contributed by atoms with Gasteiger partial charge in [-0.1, -0.05) is 18.2 Å². The number of carbonyl (C=O) groups is 4. The van der Waals surface area contributed by atoms with E-state index in [2.05, 4.69) is 0 Å². The first-order valence-electron chi connectivity index (χ1n) is 12.5. The molecule has 0 saturated heterocycles. The van der Waals surface area contributed by atoms with Gasteiger partial charge in [-0.15, -0.1) is 0 Å². The van der Waals surface area contributed by atoms with Gasteiger partial charge < -0.3 is 0 Å². The van der Waals surface area contributed by atoms with Crippen LogP contribution in [0.25, 0.3) is 11.1 Å². The van der Waals surface area contributed by atoms with Crippen molar-refractivity contribution in [1.29, 1.82) is 0 Å². The van der Waals surface area contributed by atoms with Gasteiger partial charge in [0.2, 0.25) is 5.91 Å². The van der Waals surface area contributed by atoms with Gasteiger partial charge in [0.05, 0.1) is 5.92 Å². The van der Waals surface area contributed by atoms with Gasteiger partial charge in [0, 0.05) is 34.7 Å². The fourth-order valence-corrected chi connectivity index (χ4v) is 6.53. The first kappa shape index (κ1) is 22.7. The quantitative estimate of drug-likeness (QED) is 0.610. The summed E-state index contributed by atoms with van der Waals surface area (Å²) in [6, 6.07) is 3.34. The smallest absolute Gasteiger partial charge is 0.261 e. The molecular weight excluding hydrogens is 452 g/mol. The summed E-state index contributed by atoms with van der Waals surface area (Å²) < 4.78 is 0. The highest BCUT2D eigenvalue weighted by Crippen LogP contribution is 2.48. The van der Waals surface area contributed by atoms with Crippen LogP contribution in [0.5, 0.6) is 0 Å². The number of fused-ring (bicyclic) bond motifs is 3. The molecule has 2 unspecified atom stereocenters. The fourth-order valence-electron chi connectivity index (χ4n) is 6.53. The number of nitrogens with zero attached hydrogens (tertiary/aromatic N) is 2. The number of hydrogen-bond donors (Lipinski definition) is 0. The van der Waals surface area contributed by atoms with Crippen molar-refractivity contribution in [2.75, 3.05) is 0 Å². The molecule has 36 heavy (non-hydrogen) atoms. The summed E-state index contributed by atoms with van der Waals surface area (Å²) in [4.78, 5) is 56.0. The summed E-state index contributed by atoms with van der Waals surface area (Å²) in [6.45, 7) is 11.3. The van der Waals surface area contributed by atoms with Gasteiger partial charge in [0.1, 0.15) is 0 Å². The predicted octanol–water partition coefficient (Wildman–Crippen LogP) is 2.64. The van der Waals surface area contributed by atoms with Gasteiger partial charge in [-0.2, -0.15) is 0 Å². The van der Waals surface area contributed by atoms with E-state index in [0.717, 1.165) is 38.3 Å². The molecular formula is C30H28N2O4. The number of imide groups is 2. The van der Waals surface area contributed by atoms with Crippen LogP contribution in [0, 0.1) is 5.92 Å². The molecule has 182 valence electrons. The van der Waals surface area contributed by atoms with E-state index in [1.54, 1.807) is 0 Å². The third kappa shape index (κ3) is 2.62.